The van der Waals surface area contributed by atoms with Gasteiger partial charge < -0.3 is 4.74 Å². The summed E-state index contributed by atoms with van der Waals surface area (Å²) in [4.78, 5) is 23.9. The Kier molecular flexibility index (Phi) is 7.27. The number of piperidine rings is 1. The topological polar surface area (TPSA) is 96.9 Å². The summed E-state index contributed by atoms with van der Waals surface area (Å²) in [5.41, 5.74) is 0.736. The minimum Gasteiger partial charge on any atom is -0.377 e. The highest BCUT2D eigenvalue weighted by molar-refractivity contribution is 5.98. The van der Waals surface area contributed by atoms with Crippen LogP contribution in [-0.2, 0) is 22.7 Å². The summed E-state index contributed by atoms with van der Waals surface area (Å²) in [5.74, 6) is -0.00949. The van der Waals surface area contributed by atoms with Crippen molar-refractivity contribution in [3.8, 4) is 11.9 Å². The van der Waals surface area contributed by atoms with Gasteiger partial charge in [0.15, 0.2) is 11.6 Å². The van der Waals surface area contributed by atoms with Crippen LogP contribution in [0.25, 0.3) is 5.82 Å². The van der Waals surface area contributed by atoms with E-state index in [0.717, 1.165) is 38.4 Å². The number of nitriles is 1. The Bertz CT molecular complexity index is 1370. The Morgan fingerprint density at radius 3 is 2.49 bits per heavy atom. The lowest BCUT2D eigenvalue weighted by molar-refractivity contribution is -0.137. The molecule has 8 nitrogen and oxygen atoms in total. The zero-order valence-electron chi connectivity index (χ0n) is 21.8. The second-order valence-electron chi connectivity index (χ2n) is 10.3. The van der Waals surface area contributed by atoms with Crippen LogP contribution in [0, 0.1) is 18.3 Å². The predicted molar refractivity (Wildman–Crippen MR) is 135 cm³/mol. The van der Waals surface area contributed by atoms with Crippen molar-refractivity contribution in [2.24, 2.45) is 0 Å². The summed E-state index contributed by atoms with van der Waals surface area (Å²) in [5, 5.41) is 14.3. The fourth-order valence-corrected chi connectivity index (χ4v) is 5.55. The summed E-state index contributed by atoms with van der Waals surface area (Å²) in [6, 6.07) is 8.72. The van der Waals surface area contributed by atoms with Gasteiger partial charge in [-0.3, -0.25) is 14.7 Å². The van der Waals surface area contributed by atoms with Crippen LogP contribution < -0.4 is 0 Å². The number of hydrogen-bond acceptors (Lipinski definition) is 7. The SMILES string of the molecule is Cc1c(C(=O)Cc2ccc(C3(C#N)CCN(C4CCOC4C)CC3)nc2)cnn1-c1ccc(C(F)(F)F)cn1. The van der Waals surface area contributed by atoms with Gasteiger partial charge in [0.1, 0.15) is 5.41 Å². The molecule has 11 heteroatoms. The number of pyridine rings is 2. The normalized spacial score (nSPS) is 21.5. The minimum absolute atomic E-state index is 0.0765. The molecular formula is C28H29F3N6O2. The van der Waals surface area contributed by atoms with Crippen LogP contribution in [-0.4, -0.2) is 62.3 Å². The average molecular weight is 539 g/mol. The second-order valence-corrected chi connectivity index (χ2v) is 10.3. The lowest BCUT2D eigenvalue weighted by atomic mass is 9.76. The largest absolute Gasteiger partial charge is 0.417 e. The molecule has 204 valence electrons. The molecule has 2 aliphatic rings. The first-order chi connectivity index (χ1) is 18.6. The summed E-state index contributed by atoms with van der Waals surface area (Å²) in [6.07, 6.45) is 1.97. The lowest BCUT2D eigenvalue weighted by Gasteiger charge is -2.40. The molecule has 0 aliphatic carbocycles. The first kappa shape index (κ1) is 27.0. The lowest BCUT2D eigenvalue weighted by Crippen LogP contribution is -2.48. The number of hydrogen-bond donors (Lipinski definition) is 0. The molecule has 2 fully saturated rings. The quantitative estimate of drug-likeness (QED) is 0.428. The number of rotatable bonds is 6. The van der Waals surface area contributed by atoms with Gasteiger partial charge in [-0.15, -0.1) is 0 Å². The maximum atomic E-state index is 13.0. The molecule has 0 aromatic carbocycles. The summed E-state index contributed by atoms with van der Waals surface area (Å²) in [7, 11) is 0. The van der Waals surface area contributed by atoms with Gasteiger partial charge in [0.2, 0.25) is 0 Å². The molecular weight excluding hydrogens is 509 g/mol. The summed E-state index contributed by atoms with van der Waals surface area (Å²) >= 11 is 0. The molecule has 39 heavy (non-hydrogen) atoms. The number of ether oxygens (including phenoxy) is 1. The molecule has 5 rings (SSSR count). The van der Waals surface area contributed by atoms with Crippen LogP contribution in [0.2, 0.25) is 0 Å². The van der Waals surface area contributed by atoms with Crippen LogP contribution in [0.1, 0.15) is 59.1 Å². The van der Waals surface area contributed by atoms with E-state index in [0.29, 0.717) is 41.4 Å². The van der Waals surface area contributed by atoms with E-state index in [2.05, 4.69) is 33.0 Å². The van der Waals surface area contributed by atoms with Crippen LogP contribution in [0.5, 0.6) is 0 Å². The Labute approximate surface area is 224 Å². The number of ketones is 1. The van der Waals surface area contributed by atoms with E-state index < -0.39 is 17.2 Å². The van der Waals surface area contributed by atoms with Gasteiger partial charge in [-0.2, -0.15) is 23.5 Å². The molecule has 0 N–H and O–H groups in total. The number of Topliss-reactive ketones (excluding diaryl/α,β-unsaturated/α-hetero) is 1. The third kappa shape index (κ3) is 5.31. The maximum absolute atomic E-state index is 13.0. The zero-order chi connectivity index (χ0) is 27.8. The van der Waals surface area contributed by atoms with Gasteiger partial charge in [0.25, 0.3) is 0 Å². The first-order valence-corrected chi connectivity index (χ1v) is 12.9. The van der Waals surface area contributed by atoms with Crippen LogP contribution in [0.3, 0.4) is 0 Å². The van der Waals surface area contributed by atoms with Crippen molar-refractivity contribution < 1.29 is 22.7 Å². The molecule has 5 heterocycles. The standard InChI is InChI=1S/C28H29F3N6O2/c1-18-22(16-35-37(18)26-6-4-21(15-34-26)28(29,30)31)24(38)13-20-3-5-25(33-14-20)27(17-32)8-10-36(11-9-27)23-7-12-39-19(23)2/h3-6,14-16,19,23H,7-13H2,1-2H3. The molecule has 2 unspecified atom stereocenters. The van der Waals surface area contributed by atoms with Crippen molar-refractivity contribution in [3.63, 3.8) is 0 Å². The predicted octanol–water partition coefficient (Wildman–Crippen LogP) is 4.45. The fraction of sp³-hybridized carbons (Fsp3) is 0.464. The van der Waals surface area contributed by atoms with E-state index in [-0.39, 0.29) is 24.1 Å². The second kappa shape index (κ2) is 10.5. The number of alkyl halides is 3. The minimum atomic E-state index is -4.48. The van der Waals surface area contributed by atoms with E-state index in [1.807, 2.05) is 12.1 Å². The van der Waals surface area contributed by atoms with Crippen LogP contribution in [0.4, 0.5) is 13.2 Å². The number of likely N-dealkylation sites (tertiary alicyclic amines) is 1. The number of halogens is 3. The van der Waals surface area contributed by atoms with E-state index in [1.54, 1.807) is 13.1 Å². The average Bonchev–Trinajstić information content (AvgIpc) is 3.54. The molecule has 3 aromatic rings. The molecule has 0 bridgehead atoms. The van der Waals surface area contributed by atoms with Gasteiger partial charge in [-0.05, 0) is 56.9 Å². The molecule has 2 aliphatic heterocycles. The van der Waals surface area contributed by atoms with Gasteiger partial charge >= 0.3 is 6.18 Å². The van der Waals surface area contributed by atoms with Crippen molar-refractivity contribution in [1.29, 1.82) is 5.26 Å². The smallest absolute Gasteiger partial charge is 0.377 e. The van der Waals surface area contributed by atoms with E-state index in [4.69, 9.17) is 4.74 Å². The fourth-order valence-electron chi connectivity index (χ4n) is 5.55. The third-order valence-corrected chi connectivity index (χ3v) is 7.95. The summed E-state index contributed by atoms with van der Waals surface area (Å²) in [6.45, 7) is 6.17. The molecule has 0 amide bonds. The zero-order valence-corrected chi connectivity index (χ0v) is 21.8. The van der Waals surface area contributed by atoms with Crippen molar-refractivity contribution >= 4 is 5.78 Å². The number of carbonyl (C=O) groups is 1. The molecule has 3 aromatic heterocycles. The van der Waals surface area contributed by atoms with Crippen molar-refractivity contribution in [1.82, 2.24) is 24.6 Å². The van der Waals surface area contributed by atoms with E-state index in [1.165, 1.54) is 16.9 Å². The molecule has 2 atom stereocenters. The van der Waals surface area contributed by atoms with Crippen molar-refractivity contribution in [2.75, 3.05) is 19.7 Å². The van der Waals surface area contributed by atoms with E-state index in [9.17, 15) is 23.2 Å². The Hall–Kier alpha value is -3.62. The monoisotopic (exact) mass is 538 g/mol. The highest BCUT2D eigenvalue weighted by atomic mass is 19.4. The van der Waals surface area contributed by atoms with Gasteiger partial charge in [0, 0.05) is 44.6 Å². The van der Waals surface area contributed by atoms with Gasteiger partial charge in [0.05, 0.1) is 40.9 Å². The Morgan fingerprint density at radius 2 is 1.92 bits per heavy atom. The van der Waals surface area contributed by atoms with Gasteiger partial charge in [-0.1, -0.05) is 6.07 Å². The molecule has 0 radical (unpaired) electrons. The van der Waals surface area contributed by atoms with E-state index >= 15 is 0 Å². The van der Waals surface area contributed by atoms with Gasteiger partial charge in [-0.25, -0.2) is 9.67 Å². The highest BCUT2D eigenvalue weighted by Crippen LogP contribution is 2.36. The number of aromatic nitrogens is 4. The van der Waals surface area contributed by atoms with Crippen molar-refractivity contribution in [2.45, 2.75) is 63.3 Å². The Morgan fingerprint density at radius 1 is 1.15 bits per heavy atom. The third-order valence-electron chi connectivity index (χ3n) is 7.95. The molecule has 2 saturated heterocycles. The maximum Gasteiger partial charge on any atom is 0.417 e. The highest BCUT2D eigenvalue weighted by Gasteiger charge is 2.41. The van der Waals surface area contributed by atoms with Crippen LogP contribution in [0.15, 0.2) is 42.9 Å². The molecule has 0 spiro atoms. The Balaban J connectivity index is 1.25. The van der Waals surface area contributed by atoms with Crippen molar-refractivity contribution in [3.05, 3.63) is 70.9 Å². The molecule has 0 saturated carbocycles. The van der Waals surface area contributed by atoms with Crippen LogP contribution >= 0.6 is 0 Å². The number of carbonyl (C=O) groups excluding carboxylic acids is 1. The summed E-state index contributed by atoms with van der Waals surface area (Å²) < 4.78 is 45.6. The first-order valence-electron chi connectivity index (χ1n) is 12.9. The number of nitrogens with zero attached hydrogens (tertiary/aromatic N) is 6.